The van der Waals surface area contributed by atoms with Gasteiger partial charge in [0.25, 0.3) is 0 Å². The zero-order valence-corrected chi connectivity index (χ0v) is 12.2. The molecule has 3 rings (SSSR count). The van der Waals surface area contributed by atoms with Gasteiger partial charge in [0.1, 0.15) is 6.04 Å². The van der Waals surface area contributed by atoms with E-state index in [1.807, 2.05) is 0 Å². The summed E-state index contributed by atoms with van der Waals surface area (Å²) < 4.78 is 0. The number of rotatable bonds is 1. The zero-order valence-electron chi connectivity index (χ0n) is 12.2. The van der Waals surface area contributed by atoms with Crippen LogP contribution in [0.4, 0.5) is 4.79 Å². The average molecular weight is 280 g/mol. The first-order valence-corrected chi connectivity index (χ1v) is 7.24. The summed E-state index contributed by atoms with van der Waals surface area (Å²) in [4.78, 5) is 24.3. The number of carbonyl (C=O) groups is 2. The first-order valence-electron chi connectivity index (χ1n) is 7.24. The van der Waals surface area contributed by atoms with E-state index in [9.17, 15) is 9.59 Å². The monoisotopic (exact) mass is 280 g/mol. The predicted octanol–water partition coefficient (Wildman–Crippen LogP) is 0.561. The first-order chi connectivity index (χ1) is 9.51. The molecular formula is C14H24N4O2. The molecule has 0 aliphatic carbocycles. The van der Waals surface area contributed by atoms with Crippen LogP contribution >= 0.6 is 0 Å². The molecule has 3 N–H and O–H groups in total. The van der Waals surface area contributed by atoms with Crippen molar-refractivity contribution >= 4 is 11.9 Å². The summed E-state index contributed by atoms with van der Waals surface area (Å²) in [7, 11) is 1.60. The minimum atomic E-state index is -0.260. The first kappa shape index (κ1) is 14.7. The third kappa shape index (κ3) is 3.23. The zero-order chi connectivity index (χ0) is 14.7. The number of nitrogens with one attached hydrogen (secondary N) is 3. The van der Waals surface area contributed by atoms with Crippen LogP contribution in [0.15, 0.2) is 12.3 Å². The highest BCUT2D eigenvalue weighted by Gasteiger charge is 2.41. The minimum absolute atomic E-state index is 0.0597. The Balaban J connectivity index is 0.000000178. The maximum absolute atomic E-state index is 11.4. The topological polar surface area (TPSA) is 73.5 Å². The second-order valence-electron chi connectivity index (χ2n) is 5.69. The largest absolute Gasteiger partial charge is 0.386 e. The SMILES string of the molecule is C=C1CCC(C)N1.CNC(=O)C1CC[C@@H]2CN1C(=O)N2. The molecule has 0 aromatic rings. The van der Waals surface area contributed by atoms with E-state index in [4.69, 9.17) is 0 Å². The molecule has 2 unspecified atom stereocenters. The van der Waals surface area contributed by atoms with Crippen LogP contribution in [-0.4, -0.2) is 48.6 Å². The van der Waals surface area contributed by atoms with E-state index >= 15 is 0 Å². The van der Waals surface area contributed by atoms with Gasteiger partial charge in [-0.1, -0.05) is 6.58 Å². The maximum Gasteiger partial charge on any atom is 0.318 e. The molecule has 20 heavy (non-hydrogen) atoms. The molecule has 0 aromatic carbocycles. The van der Waals surface area contributed by atoms with Gasteiger partial charge in [0.15, 0.2) is 0 Å². The van der Waals surface area contributed by atoms with Crippen molar-refractivity contribution in [1.82, 2.24) is 20.9 Å². The van der Waals surface area contributed by atoms with E-state index in [0.717, 1.165) is 12.8 Å². The Morgan fingerprint density at radius 3 is 2.60 bits per heavy atom. The maximum atomic E-state index is 11.4. The van der Waals surface area contributed by atoms with Crippen LogP contribution in [0.25, 0.3) is 0 Å². The second-order valence-corrected chi connectivity index (χ2v) is 5.69. The molecule has 6 nitrogen and oxygen atoms in total. The van der Waals surface area contributed by atoms with Crippen LogP contribution < -0.4 is 16.0 Å². The van der Waals surface area contributed by atoms with Crippen LogP contribution in [0.3, 0.4) is 0 Å². The van der Waals surface area contributed by atoms with Gasteiger partial charge in [-0.3, -0.25) is 4.79 Å². The lowest BCUT2D eigenvalue weighted by Crippen LogP contribution is -2.48. The molecule has 112 valence electrons. The molecule has 0 aromatic heterocycles. The van der Waals surface area contributed by atoms with Gasteiger partial charge in [-0.25, -0.2) is 4.79 Å². The van der Waals surface area contributed by atoms with Gasteiger partial charge < -0.3 is 20.9 Å². The Kier molecular flexibility index (Phi) is 4.52. The van der Waals surface area contributed by atoms with Crippen molar-refractivity contribution in [2.75, 3.05) is 13.6 Å². The minimum Gasteiger partial charge on any atom is -0.386 e. The Hall–Kier alpha value is -1.72. The average Bonchev–Trinajstić information content (AvgIpc) is 2.94. The highest BCUT2D eigenvalue weighted by Crippen LogP contribution is 2.22. The molecule has 2 bridgehead atoms. The highest BCUT2D eigenvalue weighted by molar-refractivity contribution is 5.88. The molecule has 0 radical (unpaired) electrons. The lowest BCUT2D eigenvalue weighted by Gasteiger charge is -2.28. The van der Waals surface area contributed by atoms with Crippen LogP contribution in [0.1, 0.15) is 32.6 Å². The van der Waals surface area contributed by atoms with Crippen molar-refractivity contribution in [3.63, 3.8) is 0 Å². The molecule has 0 saturated carbocycles. The third-order valence-electron chi connectivity index (χ3n) is 4.05. The van der Waals surface area contributed by atoms with Crippen molar-refractivity contribution in [2.24, 2.45) is 0 Å². The Bertz CT molecular complexity index is 410. The van der Waals surface area contributed by atoms with Gasteiger partial charge in [0.2, 0.25) is 5.91 Å². The molecule has 3 amide bonds. The van der Waals surface area contributed by atoms with E-state index in [1.165, 1.54) is 18.5 Å². The number of piperidine rings is 1. The number of amides is 3. The van der Waals surface area contributed by atoms with Gasteiger partial charge in [0, 0.05) is 31.4 Å². The van der Waals surface area contributed by atoms with Gasteiger partial charge in [-0.2, -0.15) is 0 Å². The van der Waals surface area contributed by atoms with Crippen molar-refractivity contribution in [1.29, 1.82) is 0 Å². The summed E-state index contributed by atoms with van der Waals surface area (Å²) in [6.07, 6.45) is 4.10. The lowest BCUT2D eigenvalue weighted by atomic mass is 10.0. The number of likely N-dealkylation sites (N-methyl/N-ethyl adjacent to an activating group) is 1. The fourth-order valence-electron chi connectivity index (χ4n) is 2.89. The smallest absolute Gasteiger partial charge is 0.318 e. The standard InChI is InChI=1S/C8H13N3O2.C6H11N/c1-9-7(12)6-3-2-5-4-11(6)8(13)10-5;1-5-3-4-6(2)7-5/h5-6H,2-4H2,1H3,(H,9,12)(H,10,13);6-7H,1,3-4H2,2H3/t5-,6?;/m1./s1. The van der Waals surface area contributed by atoms with Crippen LogP contribution in [-0.2, 0) is 4.79 Å². The van der Waals surface area contributed by atoms with Crippen LogP contribution in [0.5, 0.6) is 0 Å². The number of fused-ring (bicyclic) bond motifs is 2. The van der Waals surface area contributed by atoms with E-state index < -0.39 is 0 Å². The van der Waals surface area contributed by atoms with E-state index in [2.05, 4.69) is 29.5 Å². The number of hydrogen-bond acceptors (Lipinski definition) is 3. The van der Waals surface area contributed by atoms with Gasteiger partial charge in [0.05, 0.1) is 0 Å². The number of nitrogens with zero attached hydrogens (tertiary/aromatic N) is 1. The Labute approximate surface area is 120 Å². The van der Waals surface area contributed by atoms with Crippen molar-refractivity contribution in [3.05, 3.63) is 12.3 Å². The van der Waals surface area contributed by atoms with Crippen LogP contribution in [0, 0.1) is 0 Å². The second kappa shape index (κ2) is 6.15. The quantitative estimate of drug-likeness (QED) is 0.657. The summed E-state index contributed by atoms with van der Waals surface area (Å²) in [5.41, 5.74) is 1.20. The molecule has 0 spiro atoms. The Morgan fingerprint density at radius 2 is 2.10 bits per heavy atom. The van der Waals surface area contributed by atoms with Crippen molar-refractivity contribution in [3.8, 4) is 0 Å². The van der Waals surface area contributed by atoms with Gasteiger partial charge >= 0.3 is 6.03 Å². The molecule has 3 aliphatic heterocycles. The van der Waals surface area contributed by atoms with E-state index in [0.29, 0.717) is 12.6 Å². The summed E-state index contributed by atoms with van der Waals surface area (Å²) >= 11 is 0. The number of allylic oxidation sites excluding steroid dienone is 1. The van der Waals surface area contributed by atoms with E-state index in [1.54, 1.807) is 11.9 Å². The molecule has 3 heterocycles. The summed E-state index contributed by atoms with van der Waals surface area (Å²) in [5, 5.41) is 8.63. The number of hydrogen-bond donors (Lipinski definition) is 3. The summed E-state index contributed by atoms with van der Waals surface area (Å²) in [6.45, 7) is 6.65. The molecule has 6 heteroatoms. The van der Waals surface area contributed by atoms with Crippen molar-refractivity contribution in [2.45, 2.75) is 50.7 Å². The van der Waals surface area contributed by atoms with Crippen molar-refractivity contribution < 1.29 is 9.59 Å². The highest BCUT2D eigenvalue weighted by atomic mass is 16.2. The summed E-state index contributed by atoms with van der Waals surface area (Å²) in [5.74, 6) is -0.0597. The lowest BCUT2D eigenvalue weighted by molar-refractivity contribution is -0.125. The van der Waals surface area contributed by atoms with E-state index in [-0.39, 0.29) is 24.0 Å². The predicted molar refractivity (Wildman–Crippen MR) is 77.1 cm³/mol. The van der Waals surface area contributed by atoms with Gasteiger partial charge in [-0.05, 0) is 32.6 Å². The van der Waals surface area contributed by atoms with Gasteiger partial charge in [-0.15, -0.1) is 0 Å². The number of carbonyl (C=O) groups excluding carboxylic acids is 2. The fourth-order valence-corrected chi connectivity index (χ4v) is 2.89. The van der Waals surface area contributed by atoms with Crippen LogP contribution in [0.2, 0.25) is 0 Å². The summed E-state index contributed by atoms with van der Waals surface area (Å²) in [6, 6.07) is 0.570. The molecular weight excluding hydrogens is 256 g/mol. The molecule has 3 aliphatic rings. The molecule has 3 atom stereocenters. The fraction of sp³-hybridized carbons (Fsp3) is 0.714. The Morgan fingerprint density at radius 1 is 1.35 bits per heavy atom. The molecule has 3 saturated heterocycles. The number of urea groups is 1. The third-order valence-corrected chi connectivity index (χ3v) is 4.05. The molecule has 3 fully saturated rings. The normalized spacial score (nSPS) is 31.1.